The predicted octanol–water partition coefficient (Wildman–Crippen LogP) is 2.31. The summed E-state index contributed by atoms with van der Waals surface area (Å²) in [6.45, 7) is -0.438. The van der Waals surface area contributed by atoms with E-state index in [2.05, 4.69) is 4.74 Å². The Labute approximate surface area is 97.0 Å². The highest BCUT2D eigenvalue weighted by atomic mass is 19.4. The Hall–Kier alpha value is -1.07. The molecule has 94 valence electrons. The van der Waals surface area contributed by atoms with E-state index in [0.29, 0.717) is 6.42 Å². The van der Waals surface area contributed by atoms with Crippen molar-refractivity contribution in [2.24, 2.45) is 0 Å². The third kappa shape index (κ3) is 2.45. The van der Waals surface area contributed by atoms with Gasteiger partial charge in [0.2, 0.25) is 5.60 Å². The summed E-state index contributed by atoms with van der Waals surface area (Å²) in [5.41, 5.74) is -1.41. The van der Waals surface area contributed by atoms with Gasteiger partial charge in [0.1, 0.15) is 0 Å². The van der Waals surface area contributed by atoms with E-state index in [1.54, 1.807) is 0 Å². The van der Waals surface area contributed by atoms with E-state index in [0.717, 1.165) is 5.56 Å². The van der Waals surface area contributed by atoms with Crippen LogP contribution in [0.5, 0.6) is 0 Å². The molecule has 17 heavy (non-hydrogen) atoms. The van der Waals surface area contributed by atoms with E-state index in [4.69, 9.17) is 0 Å². The minimum atomic E-state index is -4.50. The smallest absolute Gasteiger partial charge is 0.390 e. The molecule has 1 aromatic rings. The van der Waals surface area contributed by atoms with Crippen molar-refractivity contribution in [3.05, 3.63) is 35.9 Å². The van der Waals surface area contributed by atoms with Gasteiger partial charge < -0.3 is 9.84 Å². The molecule has 2 nitrogen and oxygen atoms in total. The minimum Gasteiger partial charge on any atom is -0.390 e. The van der Waals surface area contributed by atoms with Crippen molar-refractivity contribution >= 4 is 0 Å². The van der Waals surface area contributed by atoms with Gasteiger partial charge in [-0.25, -0.2) is 0 Å². The zero-order valence-corrected chi connectivity index (χ0v) is 9.07. The van der Waals surface area contributed by atoms with Crippen molar-refractivity contribution < 1.29 is 23.0 Å². The van der Waals surface area contributed by atoms with E-state index in [-0.39, 0.29) is 6.42 Å². The number of epoxide rings is 1. The lowest BCUT2D eigenvalue weighted by atomic mass is 9.96. The Kier molecular flexibility index (Phi) is 3.14. The van der Waals surface area contributed by atoms with Gasteiger partial charge in [-0.1, -0.05) is 30.3 Å². The van der Waals surface area contributed by atoms with Crippen LogP contribution in [0.4, 0.5) is 13.2 Å². The Morgan fingerprint density at radius 3 is 2.35 bits per heavy atom. The number of rotatable bonds is 4. The second-order valence-corrected chi connectivity index (χ2v) is 4.22. The van der Waals surface area contributed by atoms with Crippen molar-refractivity contribution in [3.63, 3.8) is 0 Å². The van der Waals surface area contributed by atoms with E-state index < -0.39 is 24.5 Å². The molecule has 0 amide bonds. The monoisotopic (exact) mass is 246 g/mol. The number of alkyl halides is 3. The molecule has 1 fully saturated rings. The fourth-order valence-electron chi connectivity index (χ4n) is 1.80. The summed E-state index contributed by atoms with van der Waals surface area (Å²) in [5.74, 6) is 0. The van der Waals surface area contributed by atoms with Crippen LogP contribution in [-0.2, 0) is 11.2 Å². The standard InChI is InChI=1S/C12H13F3O2/c13-12(14,15)11(8-17-11)10(16)7-6-9-4-2-1-3-5-9/h1-5,10,16H,6-8H2/t10?,11-/m1/s1. The van der Waals surface area contributed by atoms with Crippen LogP contribution >= 0.6 is 0 Å². The summed E-state index contributed by atoms with van der Waals surface area (Å²) in [6, 6.07) is 9.10. The maximum atomic E-state index is 12.6. The van der Waals surface area contributed by atoms with E-state index >= 15 is 0 Å². The summed E-state index contributed by atoms with van der Waals surface area (Å²) in [4.78, 5) is 0. The van der Waals surface area contributed by atoms with Crippen molar-refractivity contribution in [2.75, 3.05) is 6.61 Å². The highest BCUT2D eigenvalue weighted by molar-refractivity contribution is 5.15. The van der Waals surface area contributed by atoms with Crippen molar-refractivity contribution in [1.82, 2.24) is 0 Å². The summed E-state index contributed by atoms with van der Waals surface area (Å²) in [7, 11) is 0. The normalized spacial score (nSPS) is 25.6. The molecule has 0 aromatic heterocycles. The van der Waals surface area contributed by atoms with E-state index in [1.807, 2.05) is 30.3 Å². The Bertz CT molecular complexity index is 371. The molecule has 0 aliphatic carbocycles. The zero-order valence-electron chi connectivity index (χ0n) is 9.07. The summed E-state index contributed by atoms with van der Waals surface area (Å²) >= 11 is 0. The van der Waals surface area contributed by atoms with Crippen LogP contribution in [0.2, 0.25) is 0 Å². The molecule has 1 unspecified atom stereocenters. The molecule has 1 aromatic carbocycles. The average molecular weight is 246 g/mol. The number of hydrogen-bond donors (Lipinski definition) is 1. The summed E-state index contributed by atoms with van der Waals surface area (Å²) < 4.78 is 42.2. The topological polar surface area (TPSA) is 32.8 Å². The molecule has 0 radical (unpaired) electrons. The van der Waals surface area contributed by atoms with Crippen LogP contribution in [0.3, 0.4) is 0 Å². The first-order chi connectivity index (χ1) is 7.96. The number of aliphatic hydroxyl groups is 1. The first kappa shape index (κ1) is 12.4. The maximum absolute atomic E-state index is 12.6. The van der Waals surface area contributed by atoms with Gasteiger partial charge >= 0.3 is 6.18 Å². The maximum Gasteiger partial charge on any atom is 0.422 e. The molecule has 1 N–H and O–H groups in total. The van der Waals surface area contributed by atoms with Gasteiger partial charge in [-0.3, -0.25) is 0 Å². The minimum absolute atomic E-state index is 0.0452. The van der Waals surface area contributed by atoms with Crippen molar-refractivity contribution in [1.29, 1.82) is 0 Å². The van der Waals surface area contributed by atoms with Gasteiger partial charge in [-0.15, -0.1) is 0 Å². The molecule has 1 aliphatic heterocycles. The molecule has 5 heteroatoms. The zero-order chi connectivity index (χ0) is 12.5. The van der Waals surface area contributed by atoms with Gasteiger partial charge in [0, 0.05) is 0 Å². The molecule has 2 atom stereocenters. The molecule has 1 saturated heterocycles. The molecule has 0 bridgehead atoms. The lowest BCUT2D eigenvalue weighted by Gasteiger charge is -2.21. The molecule has 1 heterocycles. The fourth-order valence-corrected chi connectivity index (χ4v) is 1.80. The highest BCUT2D eigenvalue weighted by Crippen LogP contribution is 2.47. The second-order valence-electron chi connectivity index (χ2n) is 4.22. The van der Waals surface area contributed by atoms with Gasteiger partial charge in [-0.2, -0.15) is 13.2 Å². The summed E-state index contributed by atoms with van der Waals surface area (Å²) in [6.07, 6.45) is -5.54. The van der Waals surface area contributed by atoms with Gasteiger partial charge in [0.15, 0.2) is 0 Å². The van der Waals surface area contributed by atoms with E-state index in [9.17, 15) is 18.3 Å². The lowest BCUT2D eigenvalue weighted by Crippen LogP contribution is -2.44. The second kappa shape index (κ2) is 4.31. The number of halogens is 3. The number of ether oxygens (including phenoxy) is 1. The van der Waals surface area contributed by atoms with Gasteiger partial charge in [0.05, 0.1) is 12.7 Å². The van der Waals surface area contributed by atoms with Gasteiger partial charge in [-0.05, 0) is 18.4 Å². The van der Waals surface area contributed by atoms with Crippen LogP contribution in [-0.4, -0.2) is 29.6 Å². The molecule has 0 spiro atoms. The lowest BCUT2D eigenvalue weighted by molar-refractivity contribution is -0.209. The quantitative estimate of drug-likeness (QED) is 0.827. The number of aryl methyl sites for hydroxylation is 1. The first-order valence-electron chi connectivity index (χ1n) is 5.38. The SMILES string of the molecule is OC(CCc1ccccc1)[C@@]1(C(F)(F)F)CO1. The molecule has 0 saturated carbocycles. The highest BCUT2D eigenvalue weighted by Gasteiger charge is 2.69. The molecule has 2 rings (SSSR count). The average Bonchev–Trinajstić information content (AvgIpc) is 3.07. The third-order valence-electron chi connectivity index (χ3n) is 3.02. The fraction of sp³-hybridized carbons (Fsp3) is 0.500. The summed E-state index contributed by atoms with van der Waals surface area (Å²) in [5, 5.41) is 9.59. The first-order valence-corrected chi connectivity index (χ1v) is 5.38. The third-order valence-corrected chi connectivity index (χ3v) is 3.02. The van der Waals surface area contributed by atoms with Crippen LogP contribution in [0, 0.1) is 0 Å². The Morgan fingerprint density at radius 1 is 1.29 bits per heavy atom. The predicted molar refractivity (Wildman–Crippen MR) is 55.5 cm³/mol. The number of benzene rings is 1. The Morgan fingerprint density at radius 2 is 1.88 bits per heavy atom. The van der Waals surface area contributed by atoms with Gasteiger partial charge in [0.25, 0.3) is 0 Å². The van der Waals surface area contributed by atoms with Crippen LogP contribution in [0.1, 0.15) is 12.0 Å². The Balaban J connectivity index is 1.93. The number of hydrogen-bond acceptors (Lipinski definition) is 2. The molecule has 1 aliphatic rings. The molecular weight excluding hydrogens is 233 g/mol. The van der Waals surface area contributed by atoms with Crippen molar-refractivity contribution in [3.8, 4) is 0 Å². The largest absolute Gasteiger partial charge is 0.422 e. The van der Waals surface area contributed by atoms with Crippen LogP contribution in [0.25, 0.3) is 0 Å². The van der Waals surface area contributed by atoms with Crippen LogP contribution < -0.4 is 0 Å². The van der Waals surface area contributed by atoms with Crippen molar-refractivity contribution in [2.45, 2.75) is 30.7 Å². The van der Waals surface area contributed by atoms with Crippen LogP contribution in [0.15, 0.2) is 30.3 Å². The molecular formula is C12H13F3O2. The van der Waals surface area contributed by atoms with E-state index in [1.165, 1.54) is 0 Å². The number of aliphatic hydroxyl groups excluding tert-OH is 1.